The number of para-hydroxylation sites is 1. The topological polar surface area (TPSA) is 73.3 Å². The van der Waals surface area contributed by atoms with E-state index in [9.17, 15) is 4.79 Å². The Labute approximate surface area is 157 Å². The molecule has 0 fully saturated rings. The highest BCUT2D eigenvalue weighted by Gasteiger charge is 2.20. The van der Waals surface area contributed by atoms with E-state index in [0.29, 0.717) is 30.3 Å². The van der Waals surface area contributed by atoms with Crippen LogP contribution in [0.25, 0.3) is 10.9 Å². The van der Waals surface area contributed by atoms with E-state index in [2.05, 4.69) is 15.3 Å². The Morgan fingerprint density at radius 1 is 1.22 bits per heavy atom. The van der Waals surface area contributed by atoms with Crippen molar-refractivity contribution in [1.29, 1.82) is 0 Å². The summed E-state index contributed by atoms with van der Waals surface area (Å²) in [6, 6.07) is 11.6. The van der Waals surface area contributed by atoms with Gasteiger partial charge in [0.25, 0.3) is 5.91 Å². The molecular weight excluding hydrogens is 342 g/mol. The molecule has 6 nitrogen and oxygen atoms in total. The molecule has 27 heavy (non-hydrogen) atoms. The van der Waals surface area contributed by atoms with Gasteiger partial charge in [0, 0.05) is 17.3 Å². The first-order valence-corrected chi connectivity index (χ1v) is 9.08. The first-order valence-electron chi connectivity index (χ1n) is 9.08. The van der Waals surface area contributed by atoms with Gasteiger partial charge in [-0.2, -0.15) is 0 Å². The van der Waals surface area contributed by atoms with Crippen molar-refractivity contribution in [2.24, 2.45) is 0 Å². The van der Waals surface area contributed by atoms with Crippen LogP contribution in [0.1, 0.15) is 28.0 Å². The summed E-state index contributed by atoms with van der Waals surface area (Å²) in [4.78, 5) is 21.4. The normalized spacial score (nSPS) is 12.6. The van der Waals surface area contributed by atoms with Crippen molar-refractivity contribution in [2.75, 3.05) is 20.3 Å². The standard InChI is InChI=1S/C21H21N3O3/c1-26-21-16(13-15-6-2-8-17(15)24-21)20(25)23-11-12-27-18-9-3-5-14-7-4-10-22-19(14)18/h3-5,7,9-10,13H,2,6,8,11-12H2,1H3,(H,23,25). The minimum absolute atomic E-state index is 0.200. The molecule has 4 rings (SSSR count). The van der Waals surface area contributed by atoms with Gasteiger partial charge in [0.1, 0.15) is 23.4 Å². The van der Waals surface area contributed by atoms with Crippen molar-refractivity contribution in [3.05, 3.63) is 59.4 Å². The van der Waals surface area contributed by atoms with Gasteiger partial charge in [-0.25, -0.2) is 4.98 Å². The number of hydrogen-bond acceptors (Lipinski definition) is 5. The quantitative estimate of drug-likeness (QED) is 0.682. The average Bonchev–Trinajstić information content (AvgIpc) is 3.17. The largest absolute Gasteiger partial charge is 0.489 e. The molecule has 138 valence electrons. The van der Waals surface area contributed by atoms with Crippen LogP contribution in [0.5, 0.6) is 11.6 Å². The second-order valence-corrected chi connectivity index (χ2v) is 6.44. The van der Waals surface area contributed by atoms with Crippen molar-refractivity contribution in [3.8, 4) is 11.6 Å². The van der Waals surface area contributed by atoms with Gasteiger partial charge in [-0.1, -0.05) is 18.2 Å². The van der Waals surface area contributed by atoms with Crippen molar-refractivity contribution < 1.29 is 14.3 Å². The third kappa shape index (κ3) is 3.56. The fourth-order valence-corrected chi connectivity index (χ4v) is 3.38. The molecule has 1 aromatic carbocycles. The van der Waals surface area contributed by atoms with Crippen molar-refractivity contribution in [3.63, 3.8) is 0 Å². The molecule has 0 bridgehead atoms. The second-order valence-electron chi connectivity index (χ2n) is 6.44. The number of carbonyl (C=O) groups excluding carboxylic acids is 1. The van der Waals surface area contributed by atoms with Crippen LogP contribution in [0.15, 0.2) is 42.6 Å². The molecular formula is C21H21N3O3. The van der Waals surface area contributed by atoms with Crippen molar-refractivity contribution >= 4 is 16.8 Å². The van der Waals surface area contributed by atoms with Gasteiger partial charge in [-0.3, -0.25) is 9.78 Å². The number of amides is 1. The van der Waals surface area contributed by atoms with E-state index in [1.807, 2.05) is 36.4 Å². The molecule has 0 radical (unpaired) electrons. The smallest absolute Gasteiger partial charge is 0.256 e. The van der Waals surface area contributed by atoms with Gasteiger partial charge in [0.15, 0.2) is 0 Å². The number of benzene rings is 1. The summed E-state index contributed by atoms with van der Waals surface area (Å²) in [5.74, 6) is 0.889. The Morgan fingerprint density at radius 2 is 2.11 bits per heavy atom. The molecule has 1 aliphatic carbocycles. The third-order valence-corrected chi connectivity index (χ3v) is 4.69. The Morgan fingerprint density at radius 3 is 3.00 bits per heavy atom. The lowest BCUT2D eigenvalue weighted by molar-refractivity contribution is 0.0943. The number of aryl methyl sites for hydroxylation is 2. The Hall–Kier alpha value is -3.15. The highest BCUT2D eigenvalue weighted by molar-refractivity contribution is 5.96. The van der Waals surface area contributed by atoms with Gasteiger partial charge < -0.3 is 14.8 Å². The van der Waals surface area contributed by atoms with Crippen LogP contribution >= 0.6 is 0 Å². The molecule has 0 saturated heterocycles. The Kier molecular flexibility index (Phi) is 4.87. The Bertz CT molecular complexity index is 982. The van der Waals surface area contributed by atoms with Gasteiger partial charge in [0.2, 0.25) is 5.88 Å². The average molecular weight is 363 g/mol. The zero-order valence-electron chi connectivity index (χ0n) is 15.2. The number of nitrogens with one attached hydrogen (secondary N) is 1. The molecule has 0 atom stereocenters. The van der Waals surface area contributed by atoms with Gasteiger partial charge in [0.05, 0.1) is 13.7 Å². The summed E-state index contributed by atoms with van der Waals surface area (Å²) < 4.78 is 11.1. The summed E-state index contributed by atoms with van der Waals surface area (Å²) in [6.07, 6.45) is 4.72. The van der Waals surface area contributed by atoms with Crippen LogP contribution in [0.4, 0.5) is 0 Å². The fourth-order valence-electron chi connectivity index (χ4n) is 3.38. The van der Waals surface area contributed by atoms with Crippen LogP contribution in [0.2, 0.25) is 0 Å². The number of nitrogens with zero attached hydrogens (tertiary/aromatic N) is 2. The number of fused-ring (bicyclic) bond motifs is 2. The lowest BCUT2D eigenvalue weighted by atomic mass is 10.1. The van der Waals surface area contributed by atoms with Crippen LogP contribution in [-0.4, -0.2) is 36.1 Å². The van der Waals surface area contributed by atoms with Crippen LogP contribution in [0.3, 0.4) is 0 Å². The molecule has 3 aromatic rings. The number of carbonyl (C=O) groups is 1. The van der Waals surface area contributed by atoms with Gasteiger partial charge in [-0.05, 0) is 43.0 Å². The summed E-state index contributed by atoms with van der Waals surface area (Å²) in [5.41, 5.74) is 3.47. The van der Waals surface area contributed by atoms with E-state index in [1.54, 1.807) is 6.20 Å². The second kappa shape index (κ2) is 7.61. The first kappa shape index (κ1) is 17.3. The number of rotatable bonds is 6. The molecule has 6 heteroatoms. The van der Waals surface area contributed by atoms with Crippen LogP contribution in [-0.2, 0) is 12.8 Å². The zero-order chi connectivity index (χ0) is 18.6. The predicted octanol–water partition coefficient (Wildman–Crippen LogP) is 2.94. The third-order valence-electron chi connectivity index (χ3n) is 4.69. The maximum atomic E-state index is 12.5. The first-order chi connectivity index (χ1) is 13.3. The molecule has 0 saturated carbocycles. The fraction of sp³-hybridized carbons (Fsp3) is 0.286. The van der Waals surface area contributed by atoms with E-state index in [0.717, 1.165) is 41.4 Å². The van der Waals surface area contributed by atoms with Gasteiger partial charge in [-0.15, -0.1) is 0 Å². The maximum absolute atomic E-state index is 12.5. The Balaban J connectivity index is 1.39. The lowest BCUT2D eigenvalue weighted by Gasteiger charge is -2.12. The van der Waals surface area contributed by atoms with E-state index >= 15 is 0 Å². The van der Waals surface area contributed by atoms with E-state index in [1.165, 1.54) is 7.11 Å². The number of aromatic nitrogens is 2. The number of methoxy groups -OCH3 is 1. The summed E-state index contributed by atoms with van der Waals surface area (Å²) in [5, 5.41) is 3.90. The van der Waals surface area contributed by atoms with Crippen molar-refractivity contribution in [2.45, 2.75) is 19.3 Å². The lowest BCUT2D eigenvalue weighted by Crippen LogP contribution is -2.28. The van der Waals surface area contributed by atoms with E-state index < -0.39 is 0 Å². The molecule has 2 aromatic heterocycles. The molecule has 1 aliphatic rings. The minimum atomic E-state index is -0.200. The van der Waals surface area contributed by atoms with E-state index in [-0.39, 0.29) is 5.91 Å². The molecule has 2 heterocycles. The highest BCUT2D eigenvalue weighted by atomic mass is 16.5. The number of pyridine rings is 2. The SMILES string of the molecule is COc1nc2c(cc1C(=O)NCCOc1cccc3cccnc13)CCC2. The van der Waals surface area contributed by atoms with Crippen molar-refractivity contribution in [1.82, 2.24) is 15.3 Å². The molecule has 1 amide bonds. The predicted molar refractivity (Wildman–Crippen MR) is 102 cm³/mol. The minimum Gasteiger partial charge on any atom is -0.489 e. The number of hydrogen-bond donors (Lipinski definition) is 1. The molecule has 0 spiro atoms. The molecule has 0 unspecified atom stereocenters. The highest BCUT2D eigenvalue weighted by Crippen LogP contribution is 2.26. The zero-order valence-corrected chi connectivity index (χ0v) is 15.2. The van der Waals surface area contributed by atoms with Gasteiger partial charge >= 0.3 is 0 Å². The van der Waals surface area contributed by atoms with E-state index in [4.69, 9.17) is 9.47 Å². The maximum Gasteiger partial charge on any atom is 0.256 e. The monoisotopic (exact) mass is 363 g/mol. The summed E-state index contributed by atoms with van der Waals surface area (Å²) >= 11 is 0. The van der Waals surface area contributed by atoms with Crippen LogP contribution < -0.4 is 14.8 Å². The summed E-state index contributed by atoms with van der Waals surface area (Å²) in [7, 11) is 1.54. The van der Waals surface area contributed by atoms with Crippen LogP contribution in [0, 0.1) is 0 Å². The summed E-state index contributed by atoms with van der Waals surface area (Å²) in [6.45, 7) is 0.727. The number of ether oxygens (including phenoxy) is 2. The molecule has 1 N–H and O–H groups in total. The molecule has 0 aliphatic heterocycles.